The van der Waals surface area contributed by atoms with Gasteiger partial charge in [-0.25, -0.2) is 4.68 Å². The van der Waals surface area contributed by atoms with E-state index in [9.17, 15) is 4.79 Å². The van der Waals surface area contributed by atoms with E-state index >= 15 is 0 Å². The maximum Gasteiger partial charge on any atom is 0.230 e. The third kappa shape index (κ3) is 4.55. The lowest BCUT2D eigenvalue weighted by Gasteiger charge is -2.10. The summed E-state index contributed by atoms with van der Waals surface area (Å²) in [6, 6.07) is 15.0. The number of benzene rings is 2. The van der Waals surface area contributed by atoms with Gasteiger partial charge in [0.25, 0.3) is 0 Å². The molecule has 0 bridgehead atoms. The normalized spacial score (nSPS) is 10.5. The van der Waals surface area contributed by atoms with Crippen LogP contribution in [0.3, 0.4) is 0 Å². The highest BCUT2D eigenvalue weighted by atomic mass is 32.2. The van der Waals surface area contributed by atoms with E-state index in [4.69, 9.17) is 15.3 Å². The Balaban J connectivity index is 1.64. The van der Waals surface area contributed by atoms with E-state index in [1.165, 1.54) is 16.4 Å². The molecule has 0 fully saturated rings. The number of carbonyl (C=O) groups is 1. The smallest absolute Gasteiger partial charge is 0.230 e. The van der Waals surface area contributed by atoms with Gasteiger partial charge < -0.3 is 20.6 Å². The molecular weight excluding hydrogens is 378 g/mol. The Kier molecular flexibility index (Phi) is 6.38. The molecule has 0 unspecified atom stereocenters. The van der Waals surface area contributed by atoms with Gasteiger partial charge >= 0.3 is 0 Å². The van der Waals surface area contributed by atoms with Crippen LogP contribution >= 0.6 is 11.8 Å². The van der Waals surface area contributed by atoms with Crippen molar-refractivity contribution in [2.24, 2.45) is 0 Å². The fraction of sp³-hybridized carbons (Fsp3) is 0.211. The minimum Gasteiger partial charge on any atom is -0.497 e. The fourth-order valence-corrected chi connectivity index (χ4v) is 3.21. The highest BCUT2D eigenvalue weighted by Crippen LogP contribution is 2.32. The van der Waals surface area contributed by atoms with Crippen LogP contribution in [0.2, 0.25) is 0 Å². The fourth-order valence-electron chi connectivity index (χ4n) is 2.52. The van der Waals surface area contributed by atoms with Crippen LogP contribution in [-0.4, -0.2) is 40.8 Å². The number of hydrogen-bond donors (Lipinski definition) is 2. The Hall–Kier alpha value is -3.20. The van der Waals surface area contributed by atoms with Gasteiger partial charge in [-0.3, -0.25) is 4.79 Å². The minimum atomic E-state index is -0.111. The molecule has 0 atom stereocenters. The number of carbonyl (C=O) groups excluding carboxylic acids is 1. The number of methoxy groups -OCH3 is 2. The van der Waals surface area contributed by atoms with Crippen molar-refractivity contribution >= 4 is 17.7 Å². The second-order valence-electron chi connectivity index (χ2n) is 5.79. The average molecular weight is 399 g/mol. The molecule has 0 radical (unpaired) electrons. The lowest BCUT2D eigenvalue weighted by atomic mass is 10.2. The van der Waals surface area contributed by atoms with Crippen molar-refractivity contribution in [3.05, 3.63) is 54.1 Å². The molecule has 8 nitrogen and oxygen atoms in total. The van der Waals surface area contributed by atoms with E-state index in [0.29, 0.717) is 34.6 Å². The van der Waals surface area contributed by atoms with Crippen LogP contribution in [0.4, 0.5) is 0 Å². The predicted molar refractivity (Wildman–Crippen MR) is 108 cm³/mol. The van der Waals surface area contributed by atoms with Crippen LogP contribution in [-0.2, 0) is 11.3 Å². The molecule has 9 heteroatoms. The van der Waals surface area contributed by atoms with Crippen molar-refractivity contribution < 1.29 is 14.3 Å². The van der Waals surface area contributed by atoms with Crippen LogP contribution in [0, 0.1) is 0 Å². The van der Waals surface area contributed by atoms with Crippen molar-refractivity contribution in [1.82, 2.24) is 20.2 Å². The molecule has 1 heterocycles. The Morgan fingerprint density at radius 2 is 1.93 bits per heavy atom. The largest absolute Gasteiger partial charge is 0.497 e. The van der Waals surface area contributed by atoms with Crippen LogP contribution < -0.4 is 20.6 Å². The van der Waals surface area contributed by atoms with Gasteiger partial charge in [0.05, 0.1) is 25.5 Å². The highest BCUT2D eigenvalue weighted by Gasteiger charge is 2.17. The van der Waals surface area contributed by atoms with Crippen molar-refractivity contribution in [2.75, 3.05) is 25.8 Å². The Morgan fingerprint density at radius 1 is 1.14 bits per heavy atom. The second kappa shape index (κ2) is 9.14. The molecule has 3 rings (SSSR count). The maximum atomic E-state index is 12.1. The summed E-state index contributed by atoms with van der Waals surface area (Å²) in [7, 11) is 3.14. The standard InChI is InChI=1S/C19H21N5O3S/c1-26-14-8-9-15(16(10-14)27-2)18-22-23-19(24(18)20)28-12-17(25)21-11-13-6-4-3-5-7-13/h3-10H,11-12,20H2,1-2H3,(H,21,25). The Morgan fingerprint density at radius 3 is 2.64 bits per heavy atom. The summed E-state index contributed by atoms with van der Waals surface area (Å²) in [4.78, 5) is 12.1. The molecule has 146 valence electrons. The first-order valence-electron chi connectivity index (χ1n) is 8.48. The predicted octanol–water partition coefficient (Wildman–Crippen LogP) is 2.08. The van der Waals surface area contributed by atoms with Gasteiger partial charge in [-0.1, -0.05) is 42.1 Å². The summed E-state index contributed by atoms with van der Waals surface area (Å²) in [6.07, 6.45) is 0. The summed E-state index contributed by atoms with van der Waals surface area (Å²) in [5, 5.41) is 11.5. The number of nitrogens with zero attached hydrogens (tertiary/aromatic N) is 3. The number of rotatable bonds is 8. The van der Waals surface area contributed by atoms with E-state index in [0.717, 1.165) is 5.56 Å². The molecule has 28 heavy (non-hydrogen) atoms. The number of ether oxygens (including phenoxy) is 2. The van der Waals surface area contributed by atoms with Gasteiger partial charge in [0.2, 0.25) is 11.1 Å². The molecule has 0 saturated carbocycles. The van der Waals surface area contributed by atoms with Crippen molar-refractivity contribution in [3.63, 3.8) is 0 Å². The molecule has 2 aromatic carbocycles. The molecule has 3 aromatic rings. The molecule has 0 aliphatic rings. The lowest BCUT2D eigenvalue weighted by Crippen LogP contribution is -2.25. The molecule has 0 aliphatic carbocycles. The zero-order chi connectivity index (χ0) is 19.9. The van der Waals surface area contributed by atoms with E-state index in [1.807, 2.05) is 30.3 Å². The van der Waals surface area contributed by atoms with Crippen molar-refractivity contribution in [1.29, 1.82) is 0 Å². The quantitative estimate of drug-likeness (QED) is 0.441. The van der Waals surface area contributed by atoms with Gasteiger partial charge in [0.1, 0.15) is 11.5 Å². The van der Waals surface area contributed by atoms with Crippen LogP contribution in [0.15, 0.2) is 53.7 Å². The number of amides is 1. The monoisotopic (exact) mass is 399 g/mol. The molecule has 3 N–H and O–H groups in total. The lowest BCUT2D eigenvalue weighted by molar-refractivity contribution is -0.118. The zero-order valence-electron chi connectivity index (χ0n) is 15.6. The topological polar surface area (TPSA) is 104 Å². The minimum absolute atomic E-state index is 0.111. The van der Waals surface area contributed by atoms with Gasteiger partial charge in [-0.15, -0.1) is 10.2 Å². The summed E-state index contributed by atoms with van der Waals surface area (Å²) in [5.74, 6) is 7.87. The molecule has 1 aromatic heterocycles. The van der Waals surface area contributed by atoms with Crippen LogP contribution in [0.25, 0.3) is 11.4 Å². The SMILES string of the molecule is COc1ccc(-c2nnc(SCC(=O)NCc3ccccc3)n2N)c(OC)c1. The van der Waals surface area contributed by atoms with E-state index < -0.39 is 0 Å². The first-order valence-corrected chi connectivity index (χ1v) is 9.47. The summed E-state index contributed by atoms with van der Waals surface area (Å²) in [6.45, 7) is 0.476. The third-order valence-corrected chi connectivity index (χ3v) is 4.92. The number of aromatic nitrogens is 3. The van der Waals surface area contributed by atoms with Crippen molar-refractivity contribution in [3.8, 4) is 22.9 Å². The average Bonchev–Trinajstić information content (AvgIpc) is 3.11. The van der Waals surface area contributed by atoms with E-state index in [-0.39, 0.29) is 11.7 Å². The summed E-state index contributed by atoms with van der Waals surface area (Å²) < 4.78 is 11.9. The van der Waals surface area contributed by atoms with Crippen LogP contribution in [0.1, 0.15) is 5.56 Å². The first-order chi connectivity index (χ1) is 13.6. The van der Waals surface area contributed by atoms with Gasteiger partial charge in [0.15, 0.2) is 5.82 Å². The maximum absolute atomic E-state index is 12.1. The Bertz CT molecular complexity index is 946. The number of nitrogens with one attached hydrogen (secondary N) is 1. The van der Waals surface area contributed by atoms with Gasteiger partial charge in [-0.05, 0) is 17.7 Å². The third-order valence-electron chi connectivity index (χ3n) is 3.98. The summed E-state index contributed by atoms with van der Waals surface area (Å²) in [5.41, 5.74) is 1.72. The van der Waals surface area contributed by atoms with Gasteiger partial charge in [0, 0.05) is 12.6 Å². The highest BCUT2D eigenvalue weighted by molar-refractivity contribution is 7.99. The number of nitrogens with two attached hydrogens (primary N) is 1. The van der Waals surface area contributed by atoms with Gasteiger partial charge in [-0.2, -0.15) is 0 Å². The second-order valence-corrected chi connectivity index (χ2v) is 6.74. The molecule has 0 saturated heterocycles. The zero-order valence-corrected chi connectivity index (χ0v) is 16.4. The molecule has 1 amide bonds. The van der Waals surface area contributed by atoms with Crippen molar-refractivity contribution in [2.45, 2.75) is 11.7 Å². The first kappa shape index (κ1) is 19.6. The molecule has 0 spiro atoms. The van der Waals surface area contributed by atoms with Crippen LogP contribution in [0.5, 0.6) is 11.5 Å². The number of thioether (sulfide) groups is 1. The number of hydrogen-bond acceptors (Lipinski definition) is 7. The Labute approximate surface area is 167 Å². The number of nitrogen functional groups attached to an aromatic ring is 1. The summed E-state index contributed by atoms with van der Waals surface area (Å²) >= 11 is 1.21. The van der Waals surface area contributed by atoms with E-state index in [1.54, 1.807) is 32.4 Å². The molecule has 0 aliphatic heterocycles. The van der Waals surface area contributed by atoms with E-state index in [2.05, 4.69) is 15.5 Å². The molecular formula is C19H21N5O3S.